The minimum Gasteiger partial charge on any atom is -0.453 e. The van der Waals surface area contributed by atoms with Crippen molar-refractivity contribution >= 4 is 11.6 Å². The number of aryl methyl sites for hydroxylation is 2. The molecule has 0 saturated heterocycles. The maximum atomic E-state index is 6.06. The van der Waals surface area contributed by atoms with Crippen LogP contribution in [0.5, 0.6) is 0 Å². The molecule has 1 N–H and O–H groups in total. The van der Waals surface area contributed by atoms with Crippen LogP contribution < -0.4 is 5.32 Å². The van der Waals surface area contributed by atoms with Crippen LogP contribution in [0.2, 0.25) is 5.22 Å². The van der Waals surface area contributed by atoms with Crippen LogP contribution in [0, 0.1) is 6.92 Å². The van der Waals surface area contributed by atoms with Gasteiger partial charge in [-0.1, -0.05) is 6.92 Å². The van der Waals surface area contributed by atoms with Gasteiger partial charge in [0.15, 0.2) is 5.22 Å². The lowest BCUT2D eigenvalue weighted by Gasteiger charge is -2.18. The van der Waals surface area contributed by atoms with Crippen molar-refractivity contribution in [2.45, 2.75) is 19.9 Å². The molecule has 5 heteroatoms. The first-order valence-electron chi connectivity index (χ1n) is 5.60. The molecule has 0 saturated carbocycles. The van der Waals surface area contributed by atoms with Gasteiger partial charge in [-0.25, -0.2) is 0 Å². The predicted molar refractivity (Wildman–Crippen MR) is 67.2 cm³/mol. The second-order valence-corrected chi connectivity index (χ2v) is 4.32. The summed E-state index contributed by atoms with van der Waals surface area (Å²) in [5.74, 6) is 0. The maximum Gasteiger partial charge on any atom is 0.198 e. The largest absolute Gasteiger partial charge is 0.453 e. The zero-order valence-corrected chi connectivity index (χ0v) is 11.0. The van der Waals surface area contributed by atoms with Gasteiger partial charge in [0.1, 0.15) is 0 Å². The van der Waals surface area contributed by atoms with Gasteiger partial charge in [0.25, 0.3) is 0 Å². The Morgan fingerprint density at radius 2 is 2.35 bits per heavy atom. The molecule has 0 aromatic carbocycles. The zero-order valence-electron chi connectivity index (χ0n) is 10.2. The van der Waals surface area contributed by atoms with E-state index in [1.165, 1.54) is 0 Å². The molecule has 0 bridgehead atoms. The highest BCUT2D eigenvalue weighted by molar-refractivity contribution is 6.29. The second kappa shape index (κ2) is 4.94. The molecule has 1 atom stereocenters. The zero-order chi connectivity index (χ0) is 12.4. The van der Waals surface area contributed by atoms with Gasteiger partial charge in [-0.15, -0.1) is 0 Å². The fourth-order valence-corrected chi connectivity index (χ4v) is 2.26. The van der Waals surface area contributed by atoms with Crippen LogP contribution in [0.25, 0.3) is 0 Å². The Kier molecular flexibility index (Phi) is 3.54. The molecule has 0 fully saturated rings. The predicted octanol–water partition coefficient (Wildman–Crippen LogP) is 2.67. The van der Waals surface area contributed by atoms with Crippen molar-refractivity contribution in [3.05, 3.63) is 40.6 Å². The lowest BCUT2D eigenvalue weighted by atomic mass is 10.0. The number of aromatic nitrogens is 2. The van der Waals surface area contributed by atoms with E-state index in [2.05, 4.69) is 17.3 Å². The van der Waals surface area contributed by atoms with Gasteiger partial charge in [0.2, 0.25) is 0 Å². The summed E-state index contributed by atoms with van der Waals surface area (Å²) in [6.45, 7) is 4.95. The van der Waals surface area contributed by atoms with Gasteiger partial charge in [0, 0.05) is 12.6 Å². The molecule has 2 heterocycles. The molecule has 2 aromatic rings. The van der Waals surface area contributed by atoms with Gasteiger partial charge in [0.05, 0.1) is 24.2 Å². The van der Waals surface area contributed by atoms with Crippen molar-refractivity contribution in [2.24, 2.45) is 7.05 Å². The minimum absolute atomic E-state index is 0.0127. The summed E-state index contributed by atoms with van der Waals surface area (Å²) in [5, 5.41) is 8.09. The Bertz CT molecular complexity index is 484. The Labute approximate surface area is 106 Å². The van der Waals surface area contributed by atoms with E-state index < -0.39 is 0 Å². The van der Waals surface area contributed by atoms with Crippen LogP contribution in [0.3, 0.4) is 0 Å². The third-order valence-corrected chi connectivity index (χ3v) is 3.12. The normalized spacial score (nSPS) is 12.9. The number of hydrogen-bond donors (Lipinski definition) is 1. The third-order valence-electron chi connectivity index (χ3n) is 2.82. The van der Waals surface area contributed by atoms with E-state index >= 15 is 0 Å². The summed E-state index contributed by atoms with van der Waals surface area (Å²) < 4.78 is 7.03. The number of rotatable bonds is 4. The number of furan rings is 1. The van der Waals surface area contributed by atoms with Crippen molar-refractivity contribution in [1.29, 1.82) is 0 Å². The van der Waals surface area contributed by atoms with E-state index in [0.29, 0.717) is 5.22 Å². The summed E-state index contributed by atoms with van der Waals surface area (Å²) in [6, 6.07) is 1.90. The fourth-order valence-electron chi connectivity index (χ4n) is 2.04. The van der Waals surface area contributed by atoms with Crippen molar-refractivity contribution < 1.29 is 4.42 Å². The molecule has 0 radical (unpaired) electrons. The molecule has 92 valence electrons. The molecule has 4 nitrogen and oxygen atoms in total. The average molecular weight is 254 g/mol. The molecule has 2 aromatic heterocycles. The highest BCUT2D eigenvalue weighted by atomic mass is 35.5. The molecule has 17 heavy (non-hydrogen) atoms. The average Bonchev–Trinajstić information content (AvgIpc) is 2.84. The van der Waals surface area contributed by atoms with E-state index in [4.69, 9.17) is 16.0 Å². The van der Waals surface area contributed by atoms with E-state index in [1.54, 1.807) is 6.26 Å². The summed E-state index contributed by atoms with van der Waals surface area (Å²) in [7, 11) is 1.93. The lowest BCUT2D eigenvalue weighted by molar-refractivity contribution is 0.541. The van der Waals surface area contributed by atoms with Gasteiger partial charge in [-0.2, -0.15) is 5.10 Å². The number of nitrogens with zero attached hydrogens (tertiary/aromatic N) is 2. The highest BCUT2D eigenvalue weighted by Gasteiger charge is 2.22. The van der Waals surface area contributed by atoms with Gasteiger partial charge < -0.3 is 9.73 Å². The summed E-state index contributed by atoms with van der Waals surface area (Å²) in [6.07, 6.45) is 3.46. The van der Waals surface area contributed by atoms with Crippen molar-refractivity contribution in [3.8, 4) is 0 Å². The molecular formula is C12H16ClN3O. The molecule has 0 aliphatic rings. The van der Waals surface area contributed by atoms with Gasteiger partial charge in [-0.3, -0.25) is 4.68 Å². The number of nitrogens with one attached hydrogen (secondary N) is 1. The van der Waals surface area contributed by atoms with Crippen molar-refractivity contribution in [3.63, 3.8) is 0 Å². The maximum absolute atomic E-state index is 6.06. The van der Waals surface area contributed by atoms with Crippen LogP contribution in [-0.2, 0) is 7.05 Å². The first-order chi connectivity index (χ1) is 8.15. The van der Waals surface area contributed by atoms with Crippen LogP contribution in [0.15, 0.2) is 22.9 Å². The summed E-state index contributed by atoms with van der Waals surface area (Å²) in [5.41, 5.74) is 3.19. The Morgan fingerprint density at radius 3 is 2.82 bits per heavy atom. The van der Waals surface area contributed by atoms with Crippen LogP contribution in [-0.4, -0.2) is 16.3 Å². The molecule has 0 aliphatic carbocycles. The van der Waals surface area contributed by atoms with Crippen molar-refractivity contribution in [1.82, 2.24) is 15.1 Å². The second-order valence-electron chi connectivity index (χ2n) is 3.98. The molecule has 2 rings (SSSR count). The van der Waals surface area contributed by atoms with Crippen LogP contribution in [0.1, 0.15) is 29.8 Å². The fraction of sp³-hybridized carbons (Fsp3) is 0.417. The monoisotopic (exact) mass is 253 g/mol. The first kappa shape index (κ1) is 12.2. The van der Waals surface area contributed by atoms with Gasteiger partial charge in [-0.05, 0) is 36.7 Å². The van der Waals surface area contributed by atoms with E-state index in [-0.39, 0.29) is 6.04 Å². The van der Waals surface area contributed by atoms with E-state index in [1.807, 2.05) is 30.9 Å². The summed E-state index contributed by atoms with van der Waals surface area (Å²) >= 11 is 6.06. The third kappa shape index (κ3) is 2.23. The molecular weight excluding hydrogens is 238 g/mol. The SMILES string of the molecule is CCNC(c1ccoc1Cl)c1c(C)cnn1C. The summed E-state index contributed by atoms with van der Waals surface area (Å²) in [4.78, 5) is 0. The Balaban J connectivity index is 2.46. The standard InChI is InChI=1S/C12H16ClN3O/c1-4-14-10(9-5-6-17-12(9)13)11-8(2)7-15-16(11)3/h5-7,10,14H,4H2,1-3H3. The van der Waals surface area contributed by atoms with Crippen LogP contribution >= 0.6 is 11.6 Å². The first-order valence-corrected chi connectivity index (χ1v) is 5.97. The topological polar surface area (TPSA) is 43.0 Å². The molecule has 0 aliphatic heterocycles. The Hall–Kier alpha value is -1.26. The Morgan fingerprint density at radius 1 is 1.59 bits per heavy atom. The van der Waals surface area contributed by atoms with E-state index in [0.717, 1.165) is 23.4 Å². The number of hydrogen-bond acceptors (Lipinski definition) is 3. The smallest absolute Gasteiger partial charge is 0.198 e. The van der Waals surface area contributed by atoms with Gasteiger partial charge >= 0.3 is 0 Å². The highest BCUT2D eigenvalue weighted by Crippen LogP contribution is 2.30. The van der Waals surface area contributed by atoms with Crippen LogP contribution in [0.4, 0.5) is 0 Å². The minimum atomic E-state index is 0.0127. The van der Waals surface area contributed by atoms with E-state index in [9.17, 15) is 0 Å². The molecule has 0 spiro atoms. The molecule has 0 amide bonds. The quantitative estimate of drug-likeness (QED) is 0.911. The van der Waals surface area contributed by atoms with Crippen molar-refractivity contribution in [2.75, 3.05) is 6.54 Å². The number of halogens is 1. The molecule has 1 unspecified atom stereocenters. The lowest BCUT2D eigenvalue weighted by Crippen LogP contribution is -2.24.